The van der Waals surface area contributed by atoms with E-state index in [0.717, 1.165) is 0 Å². The molecule has 0 aliphatic carbocycles. The van der Waals surface area contributed by atoms with Crippen LogP contribution in [0.2, 0.25) is 0 Å². The Balaban J connectivity index is 2.25. The second kappa shape index (κ2) is 4.94. The minimum atomic E-state index is -1.09. The number of hydrogen-bond donors (Lipinski definition) is 3. The Kier molecular flexibility index (Phi) is 3.61. The van der Waals surface area contributed by atoms with Gasteiger partial charge in [0.05, 0.1) is 6.54 Å². The summed E-state index contributed by atoms with van der Waals surface area (Å²) < 4.78 is 1.51. The van der Waals surface area contributed by atoms with Gasteiger partial charge in [0.2, 0.25) is 0 Å². The lowest BCUT2D eigenvalue weighted by Crippen LogP contribution is -2.38. The molecule has 1 aromatic rings. The molecule has 15 heavy (non-hydrogen) atoms. The van der Waals surface area contributed by atoms with Crippen molar-refractivity contribution in [2.45, 2.75) is 6.54 Å². The second-order valence-corrected chi connectivity index (χ2v) is 2.81. The van der Waals surface area contributed by atoms with E-state index >= 15 is 0 Å². The summed E-state index contributed by atoms with van der Waals surface area (Å²) in [6.45, 7) is -0.203. The summed E-state index contributed by atoms with van der Waals surface area (Å²) in [7, 11) is 1.71. The molecule has 0 unspecified atom stereocenters. The Morgan fingerprint density at radius 3 is 2.80 bits per heavy atom. The van der Waals surface area contributed by atoms with Crippen molar-refractivity contribution in [3.8, 4) is 0 Å². The van der Waals surface area contributed by atoms with Gasteiger partial charge in [0.1, 0.15) is 12.2 Å². The van der Waals surface area contributed by atoms with Crippen LogP contribution in [0.25, 0.3) is 0 Å². The Bertz CT molecular complexity index is 361. The summed E-state index contributed by atoms with van der Waals surface area (Å²) in [5, 5.41) is 20.3. The lowest BCUT2D eigenvalue weighted by Gasteiger charge is -2.02. The van der Waals surface area contributed by atoms with Gasteiger partial charge in [-0.25, -0.2) is 4.79 Å². The van der Waals surface area contributed by atoms with Crippen LogP contribution in [0.15, 0.2) is 6.20 Å². The van der Waals surface area contributed by atoms with E-state index in [1.54, 1.807) is 13.2 Å². The van der Waals surface area contributed by atoms with Crippen molar-refractivity contribution in [2.75, 3.05) is 6.54 Å². The highest BCUT2D eigenvalue weighted by molar-refractivity contribution is 5.79. The van der Waals surface area contributed by atoms with Crippen molar-refractivity contribution in [3.05, 3.63) is 11.9 Å². The molecule has 0 saturated heterocycles. The minimum absolute atomic E-state index is 0.208. The molecule has 1 rings (SSSR count). The molecule has 0 aromatic carbocycles. The average molecular weight is 213 g/mol. The van der Waals surface area contributed by atoms with Crippen LogP contribution in [-0.4, -0.2) is 38.6 Å². The summed E-state index contributed by atoms with van der Waals surface area (Å²) in [6.07, 6.45) is 1.65. The number of amides is 2. The molecule has 0 atom stereocenters. The summed E-state index contributed by atoms with van der Waals surface area (Å²) in [6, 6.07) is -0.553. The molecule has 82 valence electrons. The van der Waals surface area contributed by atoms with Crippen LogP contribution >= 0.6 is 0 Å². The van der Waals surface area contributed by atoms with Gasteiger partial charge in [-0.2, -0.15) is 0 Å². The summed E-state index contributed by atoms with van der Waals surface area (Å²) >= 11 is 0. The number of aryl methyl sites for hydroxylation is 1. The SMILES string of the molecule is Cn1cc(CNC(=O)NCC(=O)O)nn1. The first-order chi connectivity index (χ1) is 7.08. The van der Waals surface area contributed by atoms with Crippen molar-refractivity contribution in [3.63, 3.8) is 0 Å². The van der Waals surface area contributed by atoms with Crippen molar-refractivity contribution >= 4 is 12.0 Å². The standard InChI is InChI=1S/C7H11N5O3/c1-12-4-5(10-11-12)2-8-7(15)9-3-6(13)14/h4H,2-3H2,1H3,(H,13,14)(H2,8,9,15). The highest BCUT2D eigenvalue weighted by Gasteiger charge is 2.04. The Hall–Kier alpha value is -2.12. The van der Waals surface area contributed by atoms with Gasteiger partial charge in [0, 0.05) is 13.2 Å². The Morgan fingerprint density at radius 1 is 1.53 bits per heavy atom. The van der Waals surface area contributed by atoms with E-state index < -0.39 is 18.5 Å². The van der Waals surface area contributed by atoms with Crippen LogP contribution in [0.5, 0.6) is 0 Å². The summed E-state index contributed by atoms with van der Waals surface area (Å²) in [5.74, 6) is -1.09. The molecule has 0 bridgehead atoms. The number of nitrogens with zero attached hydrogens (tertiary/aromatic N) is 3. The number of aliphatic carboxylic acids is 1. The number of rotatable bonds is 4. The fraction of sp³-hybridized carbons (Fsp3) is 0.429. The zero-order valence-electron chi connectivity index (χ0n) is 8.10. The molecule has 0 aliphatic rings. The molecule has 8 heteroatoms. The molecular weight excluding hydrogens is 202 g/mol. The molecule has 1 aromatic heterocycles. The number of carboxylic acid groups (broad SMARTS) is 1. The first-order valence-corrected chi connectivity index (χ1v) is 4.16. The number of hydrogen-bond acceptors (Lipinski definition) is 4. The normalized spacial score (nSPS) is 9.67. The maximum absolute atomic E-state index is 11.0. The Labute approximate surface area is 85.3 Å². The van der Waals surface area contributed by atoms with Crippen LogP contribution in [0.3, 0.4) is 0 Å². The van der Waals surface area contributed by atoms with Gasteiger partial charge in [-0.15, -0.1) is 5.10 Å². The zero-order chi connectivity index (χ0) is 11.3. The monoisotopic (exact) mass is 213 g/mol. The smallest absolute Gasteiger partial charge is 0.323 e. The number of nitrogens with one attached hydrogen (secondary N) is 2. The van der Waals surface area contributed by atoms with Crippen LogP contribution in [0, 0.1) is 0 Å². The first-order valence-electron chi connectivity index (χ1n) is 4.16. The van der Waals surface area contributed by atoms with E-state index in [4.69, 9.17) is 5.11 Å². The maximum atomic E-state index is 11.0. The van der Waals surface area contributed by atoms with E-state index in [0.29, 0.717) is 5.69 Å². The predicted molar refractivity (Wildman–Crippen MR) is 48.9 cm³/mol. The largest absolute Gasteiger partial charge is 0.480 e. The molecule has 0 fully saturated rings. The summed E-state index contributed by atoms with van der Waals surface area (Å²) in [5.41, 5.74) is 0.600. The van der Waals surface area contributed by atoms with Gasteiger partial charge >= 0.3 is 12.0 Å². The lowest BCUT2D eigenvalue weighted by molar-refractivity contribution is -0.135. The third kappa shape index (κ3) is 4.07. The van der Waals surface area contributed by atoms with E-state index in [1.807, 2.05) is 0 Å². The molecule has 0 saturated carbocycles. The van der Waals surface area contributed by atoms with Gasteiger partial charge in [0.25, 0.3) is 0 Å². The van der Waals surface area contributed by atoms with Crippen LogP contribution in [-0.2, 0) is 18.4 Å². The second-order valence-electron chi connectivity index (χ2n) is 2.81. The maximum Gasteiger partial charge on any atom is 0.323 e. The van der Waals surface area contributed by atoms with Gasteiger partial charge < -0.3 is 15.7 Å². The van der Waals surface area contributed by atoms with Crippen molar-refractivity contribution < 1.29 is 14.7 Å². The molecular formula is C7H11N5O3. The molecule has 1 heterocycles. The third-order valence-corrected chi connectivity index (χ3v) is 1.48. The first kappa shape index (κ1) is 11.0. The number of carbonyl (C=O) groups excluding carboxylic acids is 1. The number of carbonyl (C=O) groups is 2. The van der Waals surface area contributed by atoms with Crippen molar-refractivity contribution in [1.82, 2.24) is 25.6 Å². The summed E-state index contributed by atoms with van der Waals surface area (Å²) in [4.78, 5) is 21.1. The van der Waals surface area contributed by atoms with Crippen molar-refractivity contribution in [1.29, 1.82) is 0 Å². The topological polar surface area (TPSA) is 109 Å². The van der Waals surface area contributed by atoms with Crippen LogP contribution < -0.4 is 10.6 Å². The average Bonchev–Trinajstić information content (AvgIpc) is 2.58. The number of carboxylic acids is 1. The fourth-order valence-corrected chi connectivity index (χ4v) is 0.866. The van der Waals surface area contributed by atoms with Crippen LogP contribution in [0.1, 0.15) is 5.69 Å². The van der Waals surface area contributed by atoms with E-state index in [1.165, 1.54) is 4.68 Å². The predicted octanol–water partition coefficient (Wildman–Crippen LogP) is -1.30. The van der Waals surface area contributed by atoms with Crippen LogP contribution in [0.4, 0.5) is 4.79 Å². The quantitative estimate of drug-likeness (QED) is 0.575. The molecule has 0 spiro atoms. The van der Waals surface area contributed by atoms with Gasteiger partial charge in [-0.05, 0) is 0 Å². The highest BCUT2D eigenvalue weighted by Crippen LogP contribution is 1.89. The fourth-order valence-electron chi connectivity index (χ4n) is 0.866. The third-order valence-electron chi connectivity index (χ3n) is 1.48. The van der Waals surface area contributed by atoms with Gasteiger partial charge in [-0.1, -0.05) is 5.21 Å². The highest BCUT2D eigenvalue weighted by atomic mass is 16.4. The Morgan fingerprint density at radius 2 is 2.27 bits per heavy atom. The van der Waals surface area contributed by atoms with E-state index in [9.17, 15) is 9.59 Å². The molecule has 0 radical (unpaired) electrons. The van der Waals surface area contributed by atoms with Gasteiger partial charge in [-0.3, -0.25) is 9.48 Å². The van der Waals surface area contributed by atoms with E-state index in [-0.39, 0.29) is 6.54 Å². The minimum Gasteiger partial charge on any atom is -0.480 e. The lowest BCUT2D eigenvalue weighted by atomic mass is 10.5. The molecule has 2 amide bonds. The molecule has 0 aliphatic heterocycles. The zero-order valence-corrected chi connectivity index (χ0v) is 8.10. The number of urea groups is 1. The van der Waals surface area contributed by atoms with E-state index in [2.05, 4.69) is 20.9 Å². The van der Waals surface area contributed by atoms with Crippen molar-refractivity contribution in [2.24, 2.45) is 7.05 Å². The van der Waals surface area contributed by atoms with Gasteiger partial charge in [0.15, 0.2) is 0 Å². The molecule has 8 nitrogen and oxygen atoms in total. The molecule has 3 N–H and O–H groups in total. The number of aromatic nitrogens is 3.